The molecule has 13 heavy (non-hydrogen) atoms. The summed E-state index contributed by atoms with van der Waals surface area (Å²) in [6.45, 7) is 0. The number of carboxylic acid groups (broad SMARTS) is 1. The van der Waals surface area contributed by atoms with E-state index in [1.165, 1.54) is 32.1 Å². The van der Waals surface area contributed by atoms with Gasteiger partial charge >= 0.3 is 5.97 Å². The fraction of sp³-hybridized carbons (Fsp3) is 0.909. The normalized spacial score (nSPS) is 45.1. The second kappa shape index (κ2) is 2.10. The van der Waals surface area contributed by atoms with E-state index in [4.69, 9.17) is 5.11 Å². The minimum absolute atomic E-state index is 0.0139. The maximum Gasteiger partial charge on any atom is 0.306 e. The first kappa shape index (κ1) is 7.84. The van der Waals surface area contributed by atoms with Gasteiger partial charge in [0.05, 0.1) is 5.92 Å². The lowest BCUT2D eigenvalue weighted by atomic mass is 9.74. The molecule has 0 aromatic carbocycles. The molecule has 0 bridgehead atoms. The highest BCUT2D eigenvalue weighted by Gasteiger charge is 2.70. The van der Waals surface area contributed by atoms with Crippen LogP contribution in [0.1, 0.15) is 44.9 Å². The maximum absolute atomic E-state index is 10.8. The van der Waals surface area contributed by atoms with Crippen LogP contribution < -0.4 is 0 Å². The number of carbonyl (C=O) groups is 1. The summed E-state index contributed by atoms with van der Waals surface area (Å²) in [5.74, 6) is -0.571. The van der Waals surface area contributed by atoms with E-state index in [1.807, 2.05) is 0 Å². The Balaban J connectivity index is 1.73. The zero-order chi connectivity index (χ0) is 9.10. The first-order valence-corrected chi connectivity index (χ1v) is 5.40. The van der Waals surface area contributed by atoms with Gasteiger partial charge in [-0.3, -0.25) is 4.79 Å². The van der Waals surface area contributed by atoms with Crippen molar-refractivity contribution in [2.75, 3.05) is 0 Å². The van der Waals surface area contributed by atoms with E-state index in [0.717, 1.165) is 12.8 Å². The standard InChI is InChI=1S/C11H16O2/c12-9(13)8-2-5-11(6-8)7-10(11)3-1-4-10/h8H,1-7H2,(H,12,13). The molecule has 3 aliphatic rings. The van der Waals surface area contributed by atoms with E-state index in [2.05, 4.69) is 0 Å². The third-order valence-corrected chi connectivity index (χ3v) is 4.95. The largest absolute Gasteiger partial charge is 0.481 e. The van der Waals surface area contributed by atoms with E-state index >= 15 is 0 Å². The predicted molar refractivity (Wildman–Crippen MR) is 48.3 cm³/mol. The Morgan fingerprint density at radius 3 is 2.38 bits per heavy atom. The molecule has 3 rings (SSSR count). The lowest BCUT2D eigenvalue weighted by Gasteiger charge is -2.31. The Labute approximate surface area is 78.3 Å². The topological polar surface area (TPSA) is 37.3 Å². The predicted octanol–water partition coefficient (Wildman–Crippen LogP) is 2.43. The molecule has 2 unspecified atom stereocenters. The summed E-state index contributed by atoms with van der Waals surface area (Å²) in [7, 11) is 0. The van der Waals surface area contributed by atoms with E-state index in [0.29, 0.717) is 10.8 Å². The fourth-order valence-electron chi connectivity index (χ4n) is 3.89. The molecule has 2 atom stereocenters. The van der Waals surface area contributed by atoms with E-state index in [1.54, 1.807) is 0 Å². The van der Waals surface area contributed by atoms with Crippen molar-refractivity contribution in [3.8, 4) is 0 Å². The molecule has 0 aromatic heterocycles. The molecule has 3 fully saturated rings. The molecule has 2 nitrogen and oxygen atoms in total. The van der Waals surface area contributed by atoms with Crippen molar-refractivity contribution in [1.29, 1.82) is 0 Å². The van der Waals surface area contributed by atoms with Crippen molar-refractivity contribution >= 4 is 5.97 Å². The Hall–Kier alpha value is -0.530. The van der Waals surface area contributed by atoms with Crippen molar-refractivity contribution in [3.05, 3.63) is 0 Å². The van der Waals surface area contributed by atoms with Crippen LogP contribution in [-0.2, 0) is 4.79 Å². The maximum atomic E-state index is 10.8. The van der Waals surface area contributed by atoms with Crippen LogP contribution in [0.5, 0.6) is 0 Å². The molecule has 0 aliphatic heterocycles. The number of hydrogen-bond acceptors (Lipinski definition) is 1. The molecule has 3 aliphatic carbocycles. The Bertz CT molecular complexity index is 267. The quantitative estimate of drug-likeness (QED) is 0.673. The summed E-state index contributed by atoms with van der Waals surface area (Å²) in [5.41, 5.74) is 1.16. The zero-order valence-corrected chi connectivity index (χ0v) is 7.88. The van der Waals surface area contributed by atoms with Gasteiger partial charge in [0.1, 0.15) is 0 Å². The highest BCUT2D eigenvalue weighted by molar-refractivity contribution is 5.70. The molecule has 0 amide bonds. The minimum atomic E-state index is -0.557. The molecule has 3 saturated carbocycles. The monoisotopic (exact) mass is 180 g/mol. The molecular formula is C11H16O2. The van der Waals surface area contributed by atoms with Crippen molar-refractivity contribution in [2.45, 2.75) is 44.9 Å². The first-order valence-electron chi connectivity index (χ1n) is 5.40. The van der Waals surface area contributed by atoms with E-state index < -0.39 is 5.97 Å². The van der Waals surface area contributed by atoms with Crippen LogP contribution >= 0.6 is 0 Å². The number of fused-ring (bicyclic) bond motifs is 1. The molecule has 0 radical (unpaired) electrons. The molecule has 0 heterocycles. The molecule has 1 N–H and O–H groups in total. The van der Waals surface area contributed by atoms with Crippen molar-refractivity contribution < 1.29 is 9.90 Å². The van der Waals surface area contributed by atoms with Gasteiger partial charge in [0.2, 0.25) is 0 Å². The lowest BCUT2D eigenvalue weighted by molar-refractivity contribution is -0.141. The smallest absolute Gasteiger partial charge is 0.306 e. The molecular weight excluding hydrogens is 164 g/mol. The van der Waals surface area contributed by atoms with Crippen LogP contribution in [0, 0.1) is 16.7 Å². The summed E-state index contributed by atoms with van der Waals surface area (Å²) in [6.07, 6.45) is 8.64. The summed E-state index contributed by atoms with van der Waals surface area (Å²) >= 11 is 0. The van der Waals surface area contributed by atoms with Crippen molar-refractivity contribution in [2.24, 2.45) is 16.7 Å². The first-order chi connectivity index (χ1) is 6.18. The van der Waals surface area contributed by atoms with Gasteiger partial charge in [0.15, 0.2) is 0 Å². The number of rotatable bonds is 1. The fourth-order valence-corrected chi connectivity index (χ4v) is 3.89. The van der Waals surface area contributed by atoms with Gasteiger partial charge in [-0.05, 0) is 49.4 Å². The van der Waals surface area contributed by atoms with Gasteiger partial charge < -0.3 is 5.11 Å². The van der Waals surface area contributed by atoms with Gasteiger partial charge in [0.25, 0.3) is 0 Å². The third-order valence-electron chi connectivity index (χ3n) is 4.95. The summed E-state index contributed by atoms with van der Waals surface area (Å²) in [5, 5.41) is 8.93. The van der Waals surface area contributed by atoms with Crippen molar-refractivity contribution in [3.63, 3.8) is 0 Å². The lowest BCUT2D eigenvalue weighted by Crippen LogP contribution is -2.21. The van der Waals surface area contributed by atoms with Gasteiger partial charge in [-0.1, -0.05) is 6.42 Å². The van der Waals surface area contributed by atoms with E-state index in [9.17, 15) is 4.79 Å². The van der Waals surface area contributed by atoms with Crippen LogP contribution in [0.15, 0.2) is 0 Å². The Kier molecular flexibility index (Phi) is 1.27. The summed E-state index contributed by atoms with van der Waals surface area (Å²) < 4.78 is 0. The van der Waals surface area contributed by atoms with Crippen LogP contribution in [-0.4, -0.2) is 11.1 Å². The summed E-state index contributed by atoms with van der Waals surface area (Å²) in [4.78, 5) is 10.8. The van der Waals surface area contributed by atoms with Crippen LogP contribution in [0.3, 0.4) is 0 Å². The minimum Gasteiger partial charge on any atom is -0.481 e. The van der Waals surface area contributed by atoms with Crippen molar-refractivity contribution in [1.82, 2.24) is 0 Å². The SMILES string of the molecule is O=C(O)C1CCC2(C1)CC21CCC1. The second-order valence-electron chi connectivity index (χ2n) is 5.37. The zero-order valence-electron chi connectivity index (χ0n) is 7.88. The number of hydrogen-bond donors (Lipinski definition) is 1. The molecule has 2 spiro atoms. The highest BCUT2D eigenvalue weighted by atomic mass is 16.4. The van der Waals surface area contributed by atoms with Gasteiger partial charge in [0, 0.05) is 0 Å². The molecule has 2 heteroatoms. The van der Waals surface area contributed by atoms with Gasteiger partial charge in [-0.2, -0.15) is 0 Å². The number of carboxylic acids is 1. The second-order valence-corrected chi connectivity index (χ2v) is 5.37. The molecule has 0 aromatic rings. The van der Waals surface area contributed by atoms with E-state index in [-0.39, 0.29) is 5.92 Å². The Morgan fingerprint density at radius 2 is 2.00 bits per heavy atom. The summed E-state index contributed by atoms with van der Waals surface area (Å²) in [6, 6.07) is 0. The average Bonchev–Trinajstić information content (AvgIpc) is 2.44. The van der Waals surface area contributed by atoms with Gasteiger partial charge in [-0.15, -0.1) is 0 Å². The average molecular weight is 180 g/mol. The number of aliphatic carboxylic acids is 1. The van der Waals surface area contributed by atoms with Crippen LogP contribution in [0.25, 0.3) is 0 Å². The highest BCUT2D eigenvalue weighted by Crippen LogP contribution is 2.79. The molecule has 72 valence electrons. The van der Waals surface area contributed by atoms with Crippen LogP contribution in [0.2, 0.25) is 0 Å². The van der Waals surface area contributed by atoms with Crippen LogP contribution in [0.4, 0.5) is 0 Å². The Morgan fingerprint density at radius 1 is 1.23 bits per heavy atom. The molecule has 0 saturated heterocycles. The third kappa shape index (κ3) is 0.818. The van der Waals surface area contributed by atoms with Gasteiger partial charge in [-0.25, -0.2) is 0 Å².